The van der Waals surface area contributed by atoms with Crippen LogP contribution in [0.15, 0.2) is 12.1 Å². The molecule has 2 heterocycles. The summed E-state index contributed by atoms with van der Waals surface area (Å²) in [6.45, 7) is 4.07. The summed E-state index contributed by atoms with van der Waals surface area (Å²) in [5.41, 5.74) is 1.10. The minimum atomic E-state index is -0.0289. The van der Waals surface area contributed by atoms with E-state index in [0.29, 0.717) is 43.6 Å². The van der Waals surface area contributed by atoms with E-state index in [1.807, 2.05) is 13.0 Å². The van der Waals surface area contributed by atoms with Crippen molar-refractivity contribution in [2.24, 2.45) is 0 Å². The Kier molecular flexibility index (Phi) is 3.91. The van der Waals surface area contributed by atoms with Crippen LogP contribution in [0.2, 0.25) is 0 Å². The second-order valence-electron chi connectivity index (χ2n) is 3.77. The van der Waals surface area contributed by atoms with Gasteiger partial charge < -0.3 is 14.2 Å². The first-order valence-electron chi connectivity index (χ1n) is 5.49. The van der Waals surface area contributed by atoms with Crippen molar-refractivity contribution in [2.75, 3.05) is 26.4 Å². The zero-order valence-electron chi connectivity index (χ0n) is 9.68. The van der Waals surface area contributed by atoms with Crippen molar-refractivity contribution in [3.63, 3.8) is 0 Å². The largest absolute Gasteiger partial charge is 0.489 e. The lowest BCUT2D eigenvalue weighted by Gasteiger charge is -2.23. The lowest BCUT2D eigenvalue weighted by Crippen LogP contribution is -2.33. The molecule has 1 fully saturated rings. The van der Waals surface area contributed by atoms with Crippen LogP contribution in [0.4, 0.5) is 0 Å². The van der Waals surface area contributed by atoms with E-state index < -0.39 is 0 Å². The predicted molar refractivity (Wildman–Crippen MR) is 59.7 cm³/mol. The summed E-state index contributed by atoms with van der Waals surface area (Å²) in [5, 5.41) is 8.70. The standard InChI is InChI=1S/C12H14N2O3/c1-9-12(3-2-10(6-13)14-9)17-8-11-7-15-4-5-16-11/h2-3,11H,4-5,7-8H2,1H3. The normalized spacial score (nSPS) is 19.6. The van der Waals surface area contributed by atoms with Gasteiger partial charge >= 0.3 is 0 Å². The van der Waals surface area contributed by atoms with Gasteiger partial charge in [-0.05, 0) is 19.1 Å². The summed E-state index contributed by atoms with van der Waals surface area (Å²) in [4.78, 5) is 4.10. The molecule has 0 radical (unpaired) electrons. The number of hydrogen-bond acceptors (Lipinski definition) is 5. The third-order valence-corrected chi connectivity index (χ3v) is 2.46. The number of rotatable bonds is 3. The second kappa shape index (κ2) is 5.62. The summed E-state index contributed by atoms with van der Waals surface area (Å²) >= 11 is 0. The minimum absolute atomic E-state index is 0.0289. The Hall–Kier alpha value is -1.64. The SMILES string of the molecule is Cc1nc(C#N)ccc1OCC1COCCO1. The fourth-order valence-corrected chi connectivity index (χ4v) is 1.58. The highest BCUT2D eigenvalue weighted by Crippen LogP contribution is 2.16. The Morgan fingerprint density at radius 1 is 1.53 bits per heavy atom. The van der Waals surface area contributed by atoms with Gasteiger partial charge in [0.25, 0.3) is 0 Å². The molecule has 0 spiro atoms. The molecular formula is C12H14N2O3. The summed E-state index contributed by atoms with van der Waals surface area (Å²) in [6.07, 6.45) is -0.0289. The van der Waals surface area contributed by atoms with E-state index in [1.54, 1.807) is 12.1 Å². The monoisotopic (exact) mass is 234 g/mol. The Balaban J connectivity index is 1.92. The van der Waals surface area contributed by atoms with Gasteiger partial charge in [0, 0.05) is 0 Å². The van der Waals surface area contributed by atoms with Gasteiger partial charge in [0.05, 0.1) is 25.5 Å². The van der Waals surface area contributed by atoms with Crippen LogP contribution in [0.25, 0.3) is 0 Å². The molecule has 0 bridgehead atoms. The summed E-state index contributed by atoms with van der Waals surface area (Å²) in [7, 11) is 0. The minimum Gasteiger partial charge on any atom is -0.489 e. The quantitative estimate of drug-likeness (QED) is 0.782. The van der Waals surface area contributed by atoms with Crippen LogP contribution in [0, 0.1) is 18.3 Å². The maximum absolute atomic E-state index is 8.70. The molecule has 0 aliphatic carbocycles. The van der Waals surface area contributed by atoms with Gasteiger partial charge in [0.1, 0.15) is 30.2 Å². The molecule has 1 aliphatic heterocycles. The number of aryl methyl sites for hydroxylation is 1. The number of nitriles is 1. The van der Waals surface area contributed by atoms with Crippen molar-refractivity contribution in [1.29, 1.82) is 5.26 Å². The van der Waals surface area contributed by atoms with Crippen LogP contribution >= 0.6 is 0 Å². The molecule has 90 valence electrons. The molecule has 0 aromatic carbocycles. The first kappa shape index (κ1) is 11.8. The fraction of sp³-hybridized carbons (Fsp3) is 0.500. The van der Waals surface area contributed by atoms with E-state index in [0.717, 1.165) is 0 Å². The molecule has 1 unspecified atom stereocenters. The van der Waals surface area contributed by atoms with E-state index in [4.69, 9.17) is 19.5 Å². The summed E-state index contributed by atoms with van der Waals surface area (Å²) < 4.78 is 16.3. The van der Waals surface area contributed by atoms with Gasteiger partial charge in [-0.15, -0.1) is 0 Å². The van der Waals surface area contributed by atoms with Gasteiger partial charge in [-0.3, -0.25) is 0 Å². The van der Waals surface area contributed by atoms with Crippen LogP contribution in [0.3, 0.4) is 0 Å². The molecule has 5 nitrogen and oxygen atoms in total. The van der Waals surface area contributed by atoms with Crippen molar-refractivity contribution in [3.8, 4) is 11.8 Å². The highest BCUT2D eigenvalue weighted by molar-refractivity contribution is 5.32. The predicted octanol–water partition coefficient (Wildman–Crippen LogP) is 1.06. The number of hydrogen-bond donors (Lipinski definition) is 0. The third-order valence-electron chi connectivity index (χ3n) is 2.46. The van der Waals surface area contributed by atoms with Crippen molar-refractivity contribution in [3.05, 3.63) is 23.5 Å². The van der Waals surface area contributed by atoms with Crippen molar-refractivity contribution in [1.82, 2.24) is 4.98 Å². The topological polar surface area (TPSA) is 64.4 Å². The van der Waals surface area contributed by atoms with Crippen LogP contribution in [-0.4, -0.2) is 37.5 Å². The second-order valence-corrected chi connectivity index (χ2v) is 3.77. The molecule has 2 rings (SSSR count). The van der Waals surface area contributed by atoms with Gasteiger partial charge in [0.2, 0.25) is 0 Å². The molecule has 0 N–H and O–H groups in total. The van der Waals surface area contributed by atoms with Gasteiger partial charge in [-0.2, -0.15) is 5.26 Å². The molecule has 0 amide bonds. The molecule has 5 heteroatoms. The molecular weight excluding hydrogens is 220 g/mol. The van der Waals surface area contributed by atoms with Crippen LogP contribution in [0.5, 0.6) is 5.75 Å². The van der Waals surface area contributed by atoms with E-state index in [-0.39, 0.29) is 6.10 Å². The maximum Gasteiger partial charge on any atom is 0.141 e. The molecule has 1 aromatic rings. The Labute approximate surface area is 99.9 Å². The highest BCUT2D eigenvalue weighted by Gasteiger charge is 2.15. The molecule has 1 aromatic heterocycles. The number of aromatic nitrogens is 1. The van der Waals surface area contributed by atoms with Gasteiger partial charge in [-0.1, -0.05) is 0 Å². The maximum atomic E-state index is 8.70. The smallest absolute Gasteiger partial charge is 0.141 e. The highest BCUT2D eigenvalue weighted by atomic mass is 16.6. The lowest BCUT2D eigenvalue weighted by molar-refractivity contribution is -0.101. The van der Waals surface area contributed by atoms with Crippen LogP contribution in [0.1, 0.15) is 11.4 Å². The van der Waals surface area contributed by atoms with E-state index in [2.05, 4.69) is 4.98 Å². The summed E-state index contributed by atoms with van der Waals surface area (Å²) in [5.74, 6) is 0.679. The molecule has 1 aliphatic rings. The molecule has 17 heavy (non-hydrogen) atoms. The summed E-state index contributed by atoms with van der Waals surface area (Å²) in [6, 6.07) is 5.38. The van der Waals surface area contributed by atoms with Crippen molar-refractivity contribution >= 4 is 0 Å². The Morgan fingerprint density at radius 2 is 2.41 bits per heavy atom. The van der Waals surface area contributed by atoms with E-state index in [1.165, 1.54) is 0 Å². The Morgan fingerprint density at radius 3 is 3.06 bits per heavy atom. The molecule has 1 saturated heterocycles. The van der Waals surface area contributed by atoms with Gasteiger partial charge in [0.15, 0.2) is 0 Å². The van der Waals surface area contributed by atoms with Crippen molar-refractivity contribution in [2.45, 2.75) is 13.0 Å². The molecule has 0 saturated carbocycles. The molecule has 1 atom stereocenters. The number of ether oxygens (including phenoxy) is 3. The zero-order chi connectivity index (χ0) is 12.1. The van der Waals surface area contributed by atoms with Crippen LogP contribution in [-0.2, 0) is 9.47 Å². The fourth-order valence-electron chi connectivity index (χ4n) is 1.58. The average molecular weight is 234 g/mol. The lowest BCUT2D eigenvalue weighted by atomic mass is 10.3. The van der Waals surface area contributed by atoms with E-state index in [9.17, 15) is 0 Å². The van der Waals surface area contributed by atoms with Gasteiger partial charge in [-0.25, -0.2) is 4.98 Å². The first-order valence-corrected chi connectivity index (χ1v) is 5.49. The number of nitrogens with zero attached hydrogens (tertiary/aromatic N) is 2. The number of pyridine rings is 1. The Bertz CT molecular complexity index is 422. The third kappa shape index (κ3) is 3.16. The van der Waals surface area contributed by atoms with Crippen molar-refractivity contribution < 1.29 is 14.2 Å². The average Bonchev–Trinajstić information content (AvgIpc) is 2.38. The van der Waals surface area contributed by atoms with E-state index >= 15 is 0 Å². The first-order chi connectivity index (χ1) is 8.29. The zero-order valence-corrected chi connectivity index (χ0v) is 9.68. The van der Waals surface area contributed by atoms with Crippen LogP contribution < -0.4 is 4.74 Å².